The fraction of sp³-hybridized carbons (Fsp3) is 0.300. The zero-order chi connectivity index (χ0) is 19.1. The van der Waals surface area contributed by atoms with Crippen molar-refractivity contribution < 1.29 is 18.6 Å². The van der Waals surface area contributed by atoms with Gasteiger partial charge in [0.2, 0.25) is 11.8 Å². The van der Waals surface area contributed by atoms with Crippen molar-refractivity contribution in [1.29, 1.82) is 0 Å². The Balaban J connectivity index is 1.50. The second-order valence-corrected chi connectivity index (χ2v) is 5.85. The Morgan fingerprint density at radius 1 is 0.889 bits per heavy atom. The second kappa shape index (κ2) is 9.05. The van der Waals surface area contributed by atoms with Gasteiger partial charge in [-0.25, -0.2) is 0 Å². The average Bonchev–Trinajstić information content (AvgIpc) is 3.20. The zero-order valence-corrected chi connectivity index (χ0v) is 15.7. The molecule has 0 atom stereocenters. The lowest BCUT2D eigenvalue weighted by Gasteiger charge is -2.09. The molecule has 0 saturated heterocycles. The molecule has 0 unspecified atom stereocenters. The van der Waals surface area contributed by atoms with Gasteiger partial charge >= 0.3 is 0 Å². The van der Waals surface area contributed by atoms with E-state index in [9.17, 15) is 0 Å². The highest BCUT2D eigenvalue weighted by atomic mass is 16.5. The van der Waals surface area contributed by atoms with Crippen LogP contribution in [-0.2, 0) is 13.0 Å². The maximum Gasteiger partial charge on any atom is 0.247 e. The van der Waals surface area contributed by atoms with Crippen LogP contribution in [0.4, 0.5) is 0 Å². The summed E-state index contributed by atoms with van der Waals surface area (Å²) in [5, 5.41) is 11.5. The van der Waals surface area contributed by atoms with Crippen LogP contribution in [0.15, 0.2) is 46.9 Å². The van der Waals surface area contributed by atoms with E-state index in [1.807, 2.05) is 42.5 Å². The lowest BCUT2D eigenvalue weighted by Crippen LogP contribution is -2.16. The van der Waals surface area contributed by atoms with E-state index in [-0.39, 0.29) is 0 Å². The minimum Gasteiger partial charge on any atom is -0.497 e. The molecule has 2 aromatic carbocycles. The molecule has 0 saturated carbocycles. The number of benzene rings is 2. The van der Waals surface area contributed by atoms with Crippen molar-refractivity contribution in [2.24, 2.45) is 0 Å². The van der Waals surface area contributed by atoms with Crippen LogP contribution in [0.5, 0.6) is 17.2 Å². The molecule has 7 heteroatoms. The maximum atomic E-state index is 5.70. The molecule has 0 fully saturated rings. The van der Waals surface area contributed by atoms with Crippen LogP contribution in [0.2, 0.25) is 0 Å². The van der Waals surface area contributed by atoms with E-state index in [1.54, 1.807) is 21.3 Å². The van der Waals surface area contributed by atoms with Crippen LogP contribution in [0.25, 0.3) is 11.5 Å². The molecule has 7 nitrogen and oxygen atoms in total. The van der Waals surface area contributed by atoms with E-state index in [1.165, 1.54) is 0 Å². The van der Waals surface area contributed by atoms with Gasteiger partial charge in [0.1, 0.15) is 5.75 Å². The third kappa shape index (κ3) is 4.77. The highest BCUT2D eigenvalue weighted by Crippen LogP contribution is 2.27. The summed E-state index contributed by atoms with van der Waals surface area (Å²) in [4.78, 5) is 0. The van der Waals surface area contributed by atoms with Crippen LogP contribution in [0.1, 0.15) is 11.5 Å². The number of rotatable bonds is 9. The van der Waals surface area contributed by atoms with Gasteiger partial charge in [0.05, 0.1) is 27.9 Å². The maximum absolute atomic E-state index is 5.70. The fourth-order valence-corrected chi connectivity index (χ4v) is 2.64. The number of nitrogens with zero attached hydrogens (tertiary/aromatic N) is 2. The lowest BCUT2D eigenvalue weighted by atomic mass is 10.1. The highest BCUT2D eigenvalue weighted by molar-refractivity contribution is 5.53. The average molecular weight is 369 g/mol. The van der Waals surface area contributed by atoms with Crippen LogP contribution in [0.3, 0.4) is 0 Å². The summed E-state index contributed by atoms with van der Waals surface area (Å²) < 4.78 is 21.4. The summed E-state index contributed by atoms with van der Waals surface area (Å²) in [7, 11) is 4.90. The minimum absolute atomic E-state index is 0.495. The Labute approximate surface area is 158 Å². The number of hydrogen-bond donors (Lipinski definition) is 1. The molecule has 1 heterocycles. The molecule has 1 N–H and O–H groups in total. The summed E-state index contributed by atoms with van der Waals surface area (Å²) in [6, 6.07) is 13.4. The van der Waals surface area contributed by atoms with E-state index >= 15 is 0 Å². The largest absolute Gasteiger partial charge is 0.497 e. The molecule has 0 spiro atoms. The Kier molecular flexibility index (Phi) is 6.27. The van der Waals surface area contributed by atoms with Crippen molar-refractivity contribution in [3.05, 3.63) is 53.9 Å². The van der Waals surface area contributed by atoms with Crippen molar-refractivity contribution in [3.63, 3.8) is 0 Å². The summed E-state index contributed by atoms with van der Waals surface area (Å²) in [6.45, 7) is 1.28. The number of methoxy groups -OCH3 is 3. The van der Waals surface area contributed by atoms with Crippen molar-refractivity contribution in [3.8, 4) is 28.7 Å². The first-order chi connectivity index (χ1) is 13.2. The Morgan fingerprint density at radius 3 is 2.37 bits per heavy atom. The predicted octanol–water partition coefficient (Wildman–Crippen LogP) is 3.09. The minimum atomic E-state index is 0.495. The van der Waals surface area contributed by atoms with Crippen LogP contribution in [-0.4, -0.2) is 38.1 Å². The van der Waals surface area contributed by atoms with Gasteiger partial charge in [-0.2, -0.15) is 0 Å². The van der Waals surface area contributed by atoms with Gasteiger partial charge in [-0.3, -0.25) is 0 Å². The summed E-state index contributed by atoms with van der Waals surface area (Å²) in [6.07, 6.45) is 0.847. The predicted molar refractivity (Wildman–Crippen MR) is 101 cm³/mol. The molecule has 0 amide bonds. The van der Waals surface area contributed by atoms with Crippen LogP contribution >= 0.6 is 0 Å². The third-order valence-electron chi connectivity index (χ3n) is 4.12. The Bertz CT molecular complexity index is 862. The normalized spacial score (nSPS) is 10.6. The zero-order valence-electron chi connectivity index (χ0n) is 15.7. The molecule has 3 rings (SSSR count). The van der Waals surface area contributed by atoms with Crippen LogP contribution < -0.4 is 19.5 Å². The number of nitrogens with one attached hydrogen (secondary N) is 1. The van der Waals surface area contributed by atoms with E-state index in [0.717, 1.165) is 41.3 Å². The smallest absolute Gasteiger partial charge is 0.247 e. The van der Waals surface area contributed by atoms with Gasteiger partial charge in [0.15, 0.2) is 11.5 Å². The molecule has 1 aromatic heterocycles. The molecule has 27 heavy (non-hydrogen) atoms. The third-order valence-corrected chi connectivity index (χ3v) is 4.12. The van der Waals surface area contributed by atoms with Gasteiger partial charge in [-0.15, -0.1) is 10.2 Å². The molecule has 142 valence electrons. The first-order valence-electron chi connectivity index (χ1n) is 8.62. The highest BCUT2D eigenvalue weighted by Gasteiger charge is 2.09. The molecule has 0 aliphatic carbocycles. The molecule has 3 aromatic rings. The second-order valence-electron chi connectivity index (χ2n) is 5.85. The fourth-order valence-electron chi connectivity index (χ4n) is 2.64. The van der Waals surface area contributed by atoms with E-state index in [4.69, 9.17) is 18.6 Å². The Hall–Kier alpha value is -3.06. The van der Waals surface area contributed by atoms with Crippen molar-refractivity contribution in [2.75, 3.05) is 27.9 Å². The molecule has 0 aliphatic rings. The molecule has 0 bridgehead atoms. The van der Waals surface area contributed by atoms with Gasteiger partial charge in [-0.1, -0.05) is 6.07 Å². The topological polar surface area (TPSA) is 78.6 Å². The molecular weight excluding hydrogens is 346 g/mol. The first-order valence-corrected chi connectivity index (χ1v) is 8.62. The lowest BCUT2D eigenvalue weighted by molar-refractivity contribution is 0.354. The molecular formula is C20H23N3O4. The number of hydrogen-bond acceptors (Lipinski definition) is 7. The van der Waals surface area contributed by atoms with E-state index in [2.05, 4.69) is 15.5 Å². The standard InChI is InChI=1S/C20H23N3O4/c1-24-16-7-5-15(6-8-16)20-23-22-19(27-20)13-21-11-10-14-4-9-17(25-2)18(12-14)26-3/h4-9,12,21H,10-11,13H2,1-3H3. The van der Waals surface area contributed by atoms with Crippen molar-refractivity contribution in [1.82, 2.24) is 15.5 Å². The summed E-state index contributed by atoms with van der Waals surface area (Å²) >= 11 is 0. The SMILES string of the molecule is COc1ccc(-c2nnc(CNCCc3ccc(OC)c(OC)c3)o2)cc1. The monoisotopic (exact) mass is 369 g/mol. The van der Waals surface area contributed by atoms with Crippen LogP contribution in [0, 0.1) is 0 Å². The van der Waals surface area contributed by atoms with Crippen molar-refractivity contribution >= 4 is 0 Å². The summed E-state index contributed by atoms with van der Waals surface area (Å²) in [5.74, 6) is 3.29. The van der Waals surface area contributed by atoms with Gasteiger partial charge < -0.3 is 23.9 Å². The Morgan fingerprint density at radius 2 is 1.67 bits per heavy atom. The number of aromatic nitrogens is 2. The van der Waals surface area contributed by atoms with Crippen molar-refractivity contribution in [2.45, 2.75) is 13.0 Å². The summed E-state index contributed by atoms with van der Waals surface area (Å²) in [5.41, 5.74) is 2.02. The van der Waals surface area contributed by atoms with Gasteiger partial charge in [0, 0.05) is 5.56 Å². The first kappa shape index (κ1) is 18.7. The number of ether oxygens (including phenoxy) is 3. The molecule has 0 radical (unpaired) electrons. The van der Waals surface area contributed by atoms with E-state index < -0.39 is 0 Å². The van der Waals surface area contributed by atoms with Gasteiger partial charge in [-0.05, 0) is 54.9 Å². The quantitative estimate of drug-likeness (QED) is 0.581. The van der Waals surface area contributed by atoms with Gasteiger partial charge in [0.25, 0.3) is 0 Å². The van der Waals surface area contributed by atoms with E-state index in [0.29, 0.717) is 18.3 Å². The molecule has 0 aliphatic heterocycles.